The Morgan fingerprint density at radius 2 is 1.61 bits per heavy atom. The Morgan fingerprint density at radius 1 is 0.968 bits per heavy atom. The van der Waals surface area contributed by atoms with E-state index >= 15 is 0 Å². The summed E-state index contributed by atoms with van der Waals surface area (Å²) in [5, 5.41) is 2.96. The van der Waals surface area contributed by atoms with Crippen LogP contribution in [0.4, 0.5) is 5.69 Å². The zero-order valence-electron chi connectivity index (χ0n) is 17.6. The molecule has 6 nitrogen and oxygen atoms in total. The summed E-state index contributed by atoms with van der Waals surface area (Å²) in [5.41, 5.74) is 1.32. The van der Waals surface area contributed by atoms with Crippen molar-refractivity contribution in [3.63, 3.8) is 0 Å². The third-order valence-electron chi connectivity index (χ3n) is 4.91. The van der Waals surface area contributed by atoms with Crippen molar-refractivity contribution in [2.45, 2.75) is 24.3 Å². The van der Waals surface area contributed by atoms with Gasteiger partial charge < -0.3 is 10.1 Å². The van der Waals surface area contributed by atoms with Gasteiger partial charge in [0.1, 0.15) is 12.3 Å². The molecule has 0 radical (unpaired) electrons. The Bertz CT molecular complexity index is 1100. The Hall–Kier alpha value is -3.32. The van der Waals surface area contributed by atoms with Crippen molar-refractivity contribution < 1.29 is 17.9 Å². The van der Waals surface area contributed by atoms with E-state index in [2.05, 4.69) is 5.32 Å². The quantitative estimate of drug-likeness (QED) is 0.544. The highest BCUT2D eigenvalue weighted by atomic mass is 32.2. The minimum Gasteiger partial charge on any atom is -0.497 e. The molecule has 1 N–H and O–H groups in total. The largest absolute Gasteiger partial charge is 0.497 e. The van der Waals surface area contributed by atoms with Gasteiger partial charge in [0.2, 0.25) is 5.91 Å². The van der Waals surface area contributed by atoms with Gasteiger partial charge in [-0.25, -0.2) is 8.42 Å². The predicted molar refractivity (Wildman–Crippen MR) is 122 cm³/mol. The molecule has 3 aromatic carbocycles. The maximum Gasteiger partial charge on any atom is 0.264 e. The van der Waals surface area contributed by atoms with E-state index in [-0.39, 0.29) is 17.5 Å². The first-order valence-electron chi connectivity index (χ1n) is 10.0. The second-order valence-electron chi connectivity index (χ2n) is 6.97. The third kappa shape index (κ3) is 5.44. The minimum atomic E-state index is -3.96. The van der Waals surface area contributed by atoms with Crippen LogP contribution in [-0.2, 0) is 14.8 Å². The Kier molecular flexibility index (Phi) is 7.31. The molecule has 1 amide bonds. The molecule has 3 aromatic rings. The first-order chi connectivity index (χ1) is 15.0. The number of methoxy groups -OCH3 is 1. The number of hydrogen-bond acceptors (Lipinski definition) is 4. The second kappa shape index (κ2) is 10.1. The average Bonchev–Trinajstić information content (AvgIpc) is 2.82. The molecule has 0 aliphatic carbocycles. The zero-order chi connectivity index (χ0) is 22.3. The van der Waals surface area contributed by atoms with Crippen molar-refractivity contribution in [2.75, 3.05) is 18.0 Å². The number of amides is 1. The standard InChI is InChI=1S/C24H26N2O4S/c1-3-23(19-11-6-4-7-12-19)25-24(27)18-26(20-13-10-14-21(17-20)30-2)31(28,29)22-15-8-5-9-16-22/h4-17,23H,3,18H2,1-2H3,(H,25,27)/t23-/m0/s1. The summed E-state index contributed by atoms with van der Waals surface area (Å²) in [6.45, 7) is 1.62. The molecule has 162 valence electrons. The van der Waals surface area contributed by atoms with Crippen LogP contribution in [0.25, 0.3) is 0 Å². The number of benzene rings is 3. The van der Waals surface area contributed by atoms with Gasteiger partial charge >= 0.3 is 0 Å². The maximum atomic E-state index is 13.4. The van der Waals surface area contributed by atoms with Gasteiger partial charge in [-0.2, -0.15) is 0 Å². The average molecular weight is 439 g/mol. The number of sulfonamides is 1. The van der Waals surface area contributed by atoms with E-state index < -0.39 is 15.9 Å². The fraction of sp³-hybridized carbons (Fsp3) is 0.208. The van der Waals surface area contributed by atoms with Gasteiger partial charge in [-0.1, -0.05) is 61.5 Å². The smallest absolute Gasteiger partial charge is 0.264 e. The number of hydrogen-bond donors (Lipinski definition) is 1. The topological polar surface area (TPSA) is 75.7 Å². The lowest BCUT2D eigenvalue weighted by Crippen LogP contribution is -2.42. The molecule has 0 spiro atoms. The maximum absolute atomic E-state index is 13.4. The molecule has 0 heterocycles. The van der Waals surface area contributed by atoms with Crippen molar-refractivity contribution in [3.8, 4) is 5.75 Å². The summed E-state index contributed by atoms with van der Waals surface area (Å²) >= 11 is 0. The highest BCUT2D eigenvalue weighted by Gasteiger charge is 2.28. The molecule has 0 fully saturated rings. The van der Waals surface area contributed by atoms with Crippen LogP contribution in [0.15, 0.2) is 89.8 Å². The van der Waals surface area contributed by atoms with E-state index in [0.717, 1.165) is 9.87 Å². The van der Waals surface area contributed by atoms with Gasteiger partial charge in [0, 0.05) is 6.07 Å². The van der Waals surface area contributed by atoms with Crippen LogP contribution in [0.2, 0.25) is 0 Å². The molecule has 0 saturated heterocycles. The highest BCUT2D eigenvalue weighted by molar-refractivity contribution is 7.92. The molecule has 7 heteroatoms. The lowest BCUT2D eigenvalue weighted by Gasteiger charge is -2.26. The Morgan fingerprint density at radius 3 is 2.23 bits per heavy atom. The fourth-order valence-corrected chi connectivity index (χ4v) is 4.71. The van der Waals surface area contributed by atoms with E-state index in [9.17, 15) is 13.2 Å². The number of carbonyl (C=O) groups is 1. The predicted octanol–water partition coefficient (Wildman–Crippen LogP) is 4.16. The van der Waals surface area contributed by atoms with Crippen molar-refractivity contribution in [2.24, 2.45) is 0 Å². The second-order valence-corrected chi connectivity index (χ2v) is 8.83. The summed E-state index contributed by atoms with van der Waals surface area (Å²) in [7, 11) is -2.46. The van der Waals surface area contributed by atoms with Crippen molar-refractivity contribution in [3.05, 3.63) is 90.5 Å². The number of rotatable bonds is 9. The molecular weight excluding hydrogens is 412 g/mol. The van der Waals surface area contributed by atoms with E-state index in [1.807, 2.05) is 37.3 Å². The minimum absolute atomic E-state index is 0.112. The lowest BCUT2D eigenvalue weighted by atomic mass is 10.0. The van der Waals surface area contributed by atoms with E-state index in [1.165, 1.54) is 19.2 Å². The fourth-order valence-electron chi connectivity index (χ4n) is 3.28. The van der Waals surface area contributed by atoms with Gasteiger partial charge in [0.05, 0.1) is 23.7 Å². The number of anilines is 1. The van der Waals surface area contributed by atoms with Crippen LogP contribution < -0.4 is 14.4 Å². The van der Waals surface area contributed by atoms with Crippen LogP contribution in [-0.4, -0.2) is 28.0 Å². The lowest BCUT2D eigenvalue weighted by molar-refractivity contribution is -0.120. The molecule has 0 aliphatic rings. The van der Waals surface area contributed by atoms with Crippen LogP contribution in [0.3, 0.4) is 0 Å². The number of ether oxygens (including phenoxy) is 1. The van der Waals surface area contributed by atoms with Crippen LogP contribution in [0.5, 0.6) is 5.75 Å². The van der Waals surface area contributed by atoms with E-state index in [1.54, 1.807) is 42.5 Å². The first kappa shape index (κ1) is 22.4. The van der Waals surface area contributed by atoms with Crippen molar-refractivity contribution in [1.82, 2.24) is 5.32 Å². The summed E-state index contributed by atoms with van der Waals surface area (Å²) < 4.78 is 33.2. The highest BCUT2D eigenvalue weighted by Crippen LogP contribution is 2.27. The van der Waals surface area contributed by atoms with Crippen LogP contribution in [0, 0.1) is 0 Å². The molecule has 0 saturated carbocycles. The van der Waals surface area contributed by atoms with Crippen LogP contribution in [0.1, 0.15) is 24.9 Å². The van der Waals surface area contributed by atoms with Gasteiger partial charge in [0.15, 0.2) is 0 Å². The monoisotopic (exact) mass is 438 g/mol. The molecular formula is C24H26N2O4S. The summed E-state index contributed by atoms with van der Waals surface area (Å²) in [6.07, 6.45) is 0.681. The molecule has 0 aliphatic heterocycles. The Labute approximate surface area is 183 Å². The first-order valence-corrected chi connectivity index (χ1v) is 11.5. The number of nitrogens with one attached hydrogen (secondary N) is 1. The SMILES string of the molecule is CC[C@H](NC(=O)CN(c1cccc(OC)c1)S(=O)(=O)c1ccccc1)c1ccccc1. The normalized spacial score (nSPS) is 12.1. The summed E-state index contributed by atoms with van der Waals surface area (Å²) in [6, 6.07) is 24.1. The third-order valence-corrected chi connectivity index (χ3v) is 6.69. The van der Waals surface area contributed by atoms with E-state index in [4.69, 9.17) is 4.74 Å². The van der Waals surface area contributed by atoms with Gasteiger partial charge in [-0.05, 0) is 36.2 Å². The van der Waals surface area contributed by atoms with Crippen molar-refractivity contribution >= 4 is 21.6 Å². The van der Waals surface area contributed by atoms with Crippen LogP contribution >= 0.6 is 0 Å². The van der Waals surface area contributed by atoms with Gasteiger partial charge in [0.25, 0.3) is 10.0 Å². The number of nitrogens with zero attached hydrogens (tertiary/aromatic N) is 1. The van der Waals surface area contributed by atoms with E-state index in [0.29, 0.717) is 17.9 Å². The van der Waals surface area contributed by atoms with Crippen molar-refractivity contribution in [1.29, 1.82) is 0 Å². The Balaban J connectivity index is 1.92. The molecule has 1 atom stereocenters. The molecule has 0 aromatic heterocycles. The number of carbonyl (C=O) groups excluding carboxylic acids is 1. The molecule has 3 rings (SSSR count). The van der Waals surface area contributed by atoms with Gasteiger partial charge in [-0.15, -0.1) is 0 Å². The summed E-state index contributed by atoms with van der Waals surface area (Å²) in [5.74, 6) is 0.111. The molecule has 31 heavy (non-hydrogen) atoms. The summed E-state index contributed by atoms with van der Waals surface area (Å²) in [4.78, 5) is 13.1. The molecule has 0 unspecified atom stereocenters. The zero-order valence-corrected chi connectivity index (χ0v) is 18.4. The molecule has 0 bridgehead atoms. The van der Waals surface area contributed by atoms with Gasteiger partial charge in [-0.3, -0.25) is 9.10 Å².